The first kappa shape index (κ1) is 19.1. The Bertz CT molecular complexity index is 711. The standard InChI is InChI=1S/C17H26N2O6Si/c1-9(20)18-8-24-14-10(7-25-26(5,6)17(2,3)4)11(16(22)23)19-12(14)13(18)15(19)21/h12-14H,7-8H2,1-6H3,(H,22,23)/t12-,13-,14?/m0/s1. The third-order valence-corrected chi connectivity index (χ3v) is 10.5. The Hall–Kier alpha value is -1.71. The summed E-state index contributed by atoms with van der Waals surface area (Å²) in [5.41, 5.74) is 0.441. The van der Waals surface area contributed by atoms with Gasteiger partial charge in [-0.25, -0.2) is 4.79 Å². The lowest BCUT2D eigenvalue weighted by atomic mass is 9.89. The van der Waals surface area contributed by atoms with Gasteiger partial charge in [0, 0.05) is 12.5 Å². The van der Waals surface area contributed by atoms with Crippen LogP contribution in [0.1, 0.15) is 27.7 Å². The fourth-order valence-corrected chi connectivity index (χ4v) is 4.41. The number of carboxylic acids is 1. The first-order chi connectivity index (χ1) is 11.9. The van der Waals surface area contributed by atoms with Gasteiger partial charge >= 0.3 is 5.97 Å². The fourth-order valence-electron chi connectivity index (χ4n) is 3.46. The molecule has 2 amide bonds. The predicted octanol–water partition coefficient (Wildman–Crippen LogP) is 1.14. The molecule has 8 nitrogen and oxygen atoms in total. The summed E-state index contributed by atoms with van der Waals surface area (Å²) >= 11 is 0. The number of carboxylic acid groups (broad SMARTS) is 1. The zero-order valence-electron chi connectivity index (χ0n) is 16.0. The summed E-state index contributed by atoms with van der Waals surface area (Å²) in [5, 5.41) is 9.65. The average Bonchev–Trinajstić information content (AvgIpc) is 2.83. The molecule has 0 aliphatic carbocycles. The summed E-state index contributed by atoms with van der Waals surface area (Å²) in [6.45, 7) is 12.0. The smallest absolute Gasteiger partial charge is 0.352 e. The maximum Gasteiger partial charge on any atom is 0.352 e. The molecule has 3 heterocycles. The zero-order valence-corrected chi connectivity index (χ0v) is 17.0. The van der Waals surface area contributed by atoms with Gasteiger partial charge in [0.05, 0.1) is 12.6 Å². The van der Waals surface area contributed by atoms with Crippen molar-refractivity contribution in [1.82, 2.24) is 9.80 Å². The van der Waals surface area contributed by atoms with Crippen molar-refractivity contribution in [1.29, 1.82) is 0 Å². The molecule has 0 aromatic rings. The van der Waals surface area contributed by atoms with E-state index in [2.05, 4.69) is 33.9 Å². The largest absolute Gasteiger partial charge is 0.477 e. The van der Waals surface area contributed by atoms with Crippen molar-refractivity contribution in [3.63, 3.8) is 0 Å². The van der Waals surface area contributed by atoms with E-state index in [1.165, 1.54) is 16.7 Å². The van der Waals surface area contributed by atoms with E-state index in [9.17, 15) is 19.5 Å². The van der Waals surface area contributed by atoms with Crippen molar-refractivity contribution in [3.05, 3.63) is 11.3 Å². The van der Waals surface area contributed by atoms with Crippen LogP contribution in [0.3, 0.4) is 0 Å². The average molecular weight is 382 g/mol. The van der Waals surface area contributed by atoms with Crippen molar-refractivity contribution < 1.29 is 28.7 Å². The Balaban J connectivity index is 1.90. The second kappa shape index (κ2) is 5.90. The van der Waals surface area contributed by atoms with Crippen LogP contribution >= 0.6 is 0 Å². The molecule has 3 aliphatic heterocycles. The van der Waals surface area contributed by atoms with E-state index in [0.29, 0.717) is 5.57 Å². The molecule has 0 aromatic heterocycles. The molecule has 0 aromatic carbocycles. The minimum absolute atomic E-state index is 0.0166. The first-order valence-corrected chi connectivity index (χ1v) is 11.6. The monoisotopic (exact) mass is 382 g/mol. The van der Waals surface area contributed by atoms with Crippen molar-refractivity contribution in [2.24, 2.45) is 0 Å². The predicted molar refractivity (Wildman–Crippen MR) is 94.5 cm³/mol. The van der Waals surface area contributed by atoms with Crippen LogP contribution in [0.5, 0.6) is 0 Å². The lowest BCUT2D eigenvalue weighted by Gasteiger charge is -2.52. The Morgan fingerprint density at radius 1 is 1.35 bits per heavy atom. The second-order valence-corrected chi connectivity index (χ2v) is 13.4. The number of ether oxygens (including phenoxy) is 1. The Kier molecular flexibility index (Phi) is 4.32. The Morgan fingerprint density at radius 3 is 2.46 bits per heavy atom. The van der Waals surface area contributed by atoms with Crippen LogP contribution < -0.4 is 0 Å². The number of aliphatic carboxylic acids is 1. The molecule has 2 saturated heterocycles. The molecule has 144 valence electrons. The molecule has 0 bridgehead atoms. The molecular formula is C17H26N2O6Si. The van der Waals surface area contributed by atoms with Gasteiger partial charge in [-0.15, -0.1) is 0 Å². The van der Waals surface area contributed by atoms with Crippen LogP contribution in [0, 0.1) is 0 Å². The van der Waals surface area contributed by atoms with Gasteiger partial charge in [0.25, 0.3) is 5.91 Å². The number of hydrogen-bond acceptors (Lipinski definition) is 5. The van der Waals surface area contributed by atoms with E-state index in [1.54, 1.807) is 0 Å². The summed E-state index contributed by atoms with van der Waals surface area (Å²) < 4.78 is 12.0. The van der Waals surface area contributed by atoms with Crippen LogP contribution in [0.2, 0.25) is 18.1 Å². The second-order valence-electron chi connectivity index (χ2n) is 8.58. The molecule has 3 rings (SSSR count). The fraction of sp³-hybridized carbons (Fsp3) is 0.706. The molecule has 3 atom stereocenters. The third kappa shape index (κ3) is 2.60. The SMILES string of the molecule is CC(=O)N1COC2C(CO[Si](C)(C)C(C)(C)C)=C(C(=O)O)N3C(=O)[C@@H]1[C@@H]23. The number of nitrogens with zero attached hydrogens (tertiary/aromatic N) is 2. The maximum absolute atomic E-state index is 12.5. The molecule has 0 spiro atoms. The van der Waals surface area contributed by atoms with Gasteiger partial charge in [-0.3, -0.25) is 14.5 Å². The molecule has 1 N–H and O–H groups in total. The van der Waals surface area contributed by atoms with Gasteiger partial charge in [0.1, 0.15) is 24.6 Å². The van der Waals surface area contributed by atoms with E-state index in [-0.39, 0.29) is 35.9 Å². The lowest BCUT2D eigenvalue weighted by molar-refractivity contribution is -0.192. The van der Waals surface area contributed by atoms with Crippen molar-refractivity contribution in [2.45, 2.75) is 64.0 Å². The molecule has 3 aliphatic rings. The number of amides is 2. The van der Waals surface area contributed by atoms with Gasteiger partial charge in [0.2, 0.25) is 5.91 Å². The van der Waals surface area contributed by atoms with Crippen molar-refractivity contribution in [3.8, 4) is 0 Å². The molecule has 1 unspecified atom stereocenters. The number of rotatable bonds is 4. The van der Waals surface area contributed by atoms with Crippen LogP contribution in [0.25, 0.3) is 0 Å². The summed E-state index contributed by atoms with van der Waals surface area (Å²) in [6.07, 6.45) is -0.538. The van der Waals surface area contributed by atoms with Gasteiger partial charge in [-0.05, 0) is 18.1 Å². The lowest BCUT2D eigenvalue weighted by Crippen LogP contribution is -2.75. The molecule has 0 radical (unpaired) electrons. The van der Waals surface area contributed by atoms with Crippen molar-refractivity contribution in [2.75, 3.05) is 13.3 Å². The summed E-state index contributed by atoms with van der Waals surface area (Å²) in [4.78, 5) is 38.8. The molecule has 2 fully saturated rings. The van der Waals surface area contributed by atoms with Crippen LogP contribution in [0.15, 0.2) is 11.3 Å². The molecular weight excluding hydrogens is 356 g/mol. The highest BCUT2D eigenvalue weighted by atomic mass is 28.4. The first-order valence-electron chi connectivity index (χ1n) is 8.70. The zero-order chi connectivity index (χ0) is 19.6. The minimum Gasteiger partial charge on any atom is -0.477 e. The number of carbonyl (C=O) groups excluding carboxylic acids is 2. The third-order valence-electron chi connectivity index (χ3n) is 6.04. The maximum atomic E-state index is 12.5. The number of hydrogen-bond donors (Lipinski definition) is 1. The highest BCUT2D eigenvalue weighted by Gasteiger charge is 2.65. The minimum atomic E-state index is -2.10. The van der Waals surface area contributed by atoms with E-state index < -0.39 is 32.5 Å². The molecule has 26 heavy (non-hydrogen) atoms. The normalized spacial score (nSPS) is 28.2. The van der Waals surface area contributed by atoms with E-state index in [0.717, 1.165) is 0 Å². The van der Waals surface area contributed by atoms with Crippen molar-refractivity contribution >= 4 is 26.1 Å². The number of β-lactam (4-membered cyclic amide) rings is 1. The topological polar surface area (TPSA) is 96.4 Å². The summed E-state index contributed by atoms with van der Waals surface area (Å²) in [6, 6.07) is -1.12. The van der Waals surface area contributed by atoms with Gasteiger partial charge in [-0.1, -0.05) is 20.8 Å². The summed E-state index contributed by atoms with van der Waals surface area (Å²) in [7, 11) is -2.10. The molecule has 9 heteroatoms. The van der Waals surface area contributed by atoms with Gasteiger partial charge < -0.3 is 19.2 Å². The summed E-state index contributed by atoms with van der Waals surface area (Å²) in [5.74, 6) is -1.79. The Morgan fingerprint density at radius 2 is 1.96 bits per heavy atom. The van der Waals surface area contributed by atoms with Gasteiger partial charge in [-0.2, -0.15) is 0 Å². The van der Waals surface area contributed by atoms with Crippen LogP contribution in [-0.4, -0.2) is 72.5 Å². The quantitative estimate of drug-likeness (QED) is 0.579. The van der Waals surface area contributed by atoms with E-state index >= 15 is 0 Å². The van der Waals surface area contributed by atoms with Gasteiger partial charge in [0.15, 0.2) is 8.32 Å². The van der Waals surface area contributed by atoms with Crippen LogP contribution in [-0.2, 0) is 23.5 Å². The highest BCUT2D eigenvalue weighted by Crippen LogP contribution is 2.46. The highest BCUT2D eigenvalue weighted by molar-refractivity contribution is 6.74. The number of carbonyl (C=O) groups is 3. The molecule has 0 saturated carbocycles. The van der Waals surface area contributed by atoms with E-state index in [1.807, 2.05) is 0 Å². The van der Waals surface area contributed by atoms with E-state index in [4.69, 9.17) is 9.16 Å². The van der Waals surface area contributed by atoms with Crippen LogP contribution in [0.4, 0.5) is 0 Å². The Labute approximate surface area is 153 Å².